The molecule has 1 aliphatic rings. The summed E-state index contributed by atoms with van der Waals surface area (Å²) in [5.41, 5.74) is 0.773. The van der Waals surface area contributed by atoms with E-state index in [4.69, 9.17) is 30.4 Å². The highest BCUT2D eigenvalue weighted by molar-refractivity contribution is 6.62. The van der Waals surface area contributed by atoms with E-state index in [0.717, 1.165) is 12.1 Å². The molecule has 0 saturated carbocycles. The van der Waals surface area contributed by atoms with Crippen molar-refractivity contribution < 1.29 is 63.4 Å². The summed E-state index contributed by atoms with van der Waals surface area (Å²) in [6.07, 6.45) is -0.589. The number of aromatic nitrogens is 10. The molecule has 0 amide bonds. The van der Waals surface area contributed by atoms with Gasteiger partial charge in [-0.1, -0.05) is 26.5 Å². The van der Waals surface area contributed by atoms with E-state index in [1.165, 1.54) is 25.7 Å². The topological polar surface area (TPSA) is 167 Å². The summed E-state index contributed by atoms with van der Waals surface area (Å²) < 4.78 is 134. The van der Waals surface area contributed by atoms with Crippen LogP contribution in [0.4, 0.5) is 35.1 Å². The minimum atomic E-state index is -4.58. The van der Waals surface area contributed by atoms with E-state index in [9.17, 15) is 35.1 Å². The lowest BCUT2D eigenvalue weighted by atomic mass is 9.80. The van der Waals surface area contributed by atoms with Crippen LogP contribution < -0.4 is 14.9 Å². The molecule has 0 unspecified atom stereocenters. The summed E-state index contributed by atoms with van der Waals surface area (Å²) in [5.74, 6) is -2.24. The SMILES string of the molecule is C.C.CC1(C)OB(c2cnc(OCC(F)(F)F)c(F)c2)OC1(C)C.COCc1nnc2cnc(-c3cnc(OCC(F)(F)F)c(F)c3)cn12.COCc1nnc2cnc(Cl)cn12. The number of hydrogen-bond acceptors (Lipinski definition) is 14. The molecule has 6 aromatic rings. The molecular formula is C36H42BClF8N10O6. The zero-order chi connectivity index (χ0) is 44.0. The molecule has 0 bridgehead atoms. The second kappa shape index (κ2) is 20.7. The summed E-state index contributed by atoms with van der Waals surface area (Å²) >= 11 is 5.72. The molecule has 1 fully saturated rings. The molecule has 1 aliphatic heterocycles. The van der Waals surface area contributed by atoms with Crippen LogP contribution in [0.3, 0.4) is 0 Å². The summed E-state index contributed by atoms with van der Waals surface area (Å²) in [5, 5.41) is 16.0. The number of alkyl halides is 6. The Balaban J connectivity index is 0.000000254. The van der Waals surface area contributed by atoms with Crippen molar-refractivity contribution in [3.63, 3.8) is 0 Å². The molecule has 6 aromatic heterocycles. The average molecular weight is 909 g/mol. The van der Waals surface area contributed by atoms with Crippen molar-refractivity contribution in [1.29, 1.82) is 0 Å². The average Bonchev–Trinajstić information content (AvgIpc) is 3.82. The van der Waals surface area contributed by atoms with Gasteiger partial charge in [-0.25, -0.2) is 23.7 Å². The Labute approximate surface area is 355 Å². The van der Waals surface area contributed by atoms with Gasteiger partial charge >= 0.3 is 19.5 Å². The number of halogens is 9. The first kappa shape index (κ1) is 51.0. The standard InChI is InChI=1S/C14H11F4N5O2.C13H16BF4NO3.C7H7ClN4O.2CH4/c1-24-6-12-22-21-11-4-19-10(5-23(11)12)8-2-9(15)13(20-3-8)25-7-14(16,17)18;1-11(2)12(3,4)22-14(21-11)8-5-9(15)10(19-6-8)20-7-13(16,17)18;1-13-4-7-11-10-6-2-9-5(8)3-12(6)7;;/h2-5H,6-7H2,1H3;5-6H,7H2,1-4H3;2-3H,4H2,1H3;2*1H4. The molecule has 0 atom stereocenters. The molecule has 7 heterocycles. The Hall–Kier alpha value is -5.37. The van der Waals surface area contributed by atoms with Crippen LogP contribution in [0.25, 0.3) is 22.6 Å². The second-order valence-electron chi connectivity index (χ2n) is 13.5. The Morgan fingerprint density at radius 1 is 0.661 bits per heavy atom. The van der Waals surface area contributed by atoms with E-state index in [-0.39, 0.29) is 32.5 Å². The first-order valence-electron chi connectivity index (χ1n) is 17.2. The number of ether oxygens (including phenoxy) is 4. The van der Waals surface area contributed by atoms with Crippen LogP contribution >= 0.6 is 11.6 Å². The van der Waals surface area contributed by atoms with Gasteiger partial charge in [0.1, 0.15) is 18.4 Å². The van der Waals surface area contributed by atoms with Crippen LogP contribution in [0.2, 0.25) is 5.15 Å². The molecule has 0 radical (unpaired) electrons. The van der Waals surface area contributed by atoms with Crippen molar-refractivity contribution >= 4 is 35.5 Å². The number of fused-ring (bicyclic) bond motifs is 2. The van der Waals surface area contributed by atoms with Gasteiger partial charge in [0.15, 0.2) is 47.8 Å². The van der Waals surface area contributed by atoms with Gasteiger partial charge in [0, 0.05) is 50.0 Å². The lowest BCUT2D eigenvalue weighted by Crippen LogP contribution is -2.41. The molecule has 7 rings (SSSR count). The number of rotatable bonds is 10. The van der Waals surface area contributed by atoms with Gasteiger partial charge in [0.2, 0.25) is 0 Å². The fourth-order valence-electron chi connectivity index (χ4n) is 4.91. The maximum Gasteiger partial charge on any atom is 0.496 e. The summed E-state index contributed by atoms with van der Waals surface area (Å²) in [6, 6.07) is 1.99. The fourth-order valence-corrected chi connectivity index (χ4v) is 5.05. The molecule has 26 heteroatoms. The summed E-state index contributed by atoms with van der Waals surface area (Å²) in [6.45, 7) is 4.71. The smallest absolute Gasteiger partial charge is 0.466 e. The summed E-state index contributed by atoms with van der Waals surface area (Å²) in [7, 11) is 2.26. The molecule has 0 spiro atoms. The lowest BCUT2D eigenvalue weighted by molar-refractivity contribution is -0.155. The maximum atomic E-state index is 13.9. The molecule has 1 saturated heterocycles. The van der Waals surface area contributed by atoms with Crippen molar-refractivity contribution in [3.8, 4) is 23.0 Å². The molecule has 16 nitrogen and oxygen atoms in total. The van der Waals surface area contributed by atoms with Crippen LogP contribution in [0, 0.1) is 11.6 Å². The van der Waals surface area contributed by atoms with Gasteiger partial charge in [0.05, 0.1) is 29.3 Å². The zero-order valence-electron chi connectivity index (χ0n) is 32.3. The molecular weight excluding hydrogens is 867 g/mol. The third-order valence-electron chi connectivity index (χ3n) is 8.44. The molecule has 62 heavy (non-hydrogen) atoms. The fraction of sp³-hybridized carbons (Fsp3) is 0.444. The number of methoxy groups -OCH3 is 2. The molecule has 0 N–H and O–H groups in total. The monoisotopic (exact) mass is 908 g/mol. The van der Waals surface area contributed by atoms with E-state index >= 15 is 0 Å². The van der Waals surface area contributed by atoms with E-state index < -0.39 is 67.3 Å². The highest BCUT2D eigenvalue weighted by Crippen LogP contribution is 2.36. The highest BCUT2D eigenvalue weighted by Gasteiger charge is 2.52. The zero-order valence-corrected chi connectivity index (χ0v) is 33.1. The third-order valence-corrected chi connectivity index (χ3v) is 8.64. The number of hydrogen-bond donors (Lipinski definition) is 0. The van der Waals surface area contributed by atoms with Gasteiger partial charge < -0.3 is 28.3 Å². The van der Waals surface area contributed by atoms with Crippen LogP contribution in [0.5, 0.6) is 11.8 Å². The van der Waals surface area contributed by atoms with Gasteiger partial charge in [-0.15, -0.1) is 20.4 Å². The van der Waals surface area contributed by atoms with Gasteiger partial charge in [-0.3, -0.25) is 13.8 Å². The Morgan fingerprint density at radius 3 is 1.60 bits per heavy atom. The largest absolute Gasteiger partial charge is 0.496 e. The lowest BCUT2D eigenvalue weighted by Gasteiger charge is -2.32. The predicted molar refractivity (Wildman–Crippen MR) is 208 cm³/mol. The van der Waals surface area contributed by atoms with Crippen LogP contribution in [-0.4, -0.2) is 107 Å². The van der Waals surface area contributed by atoms with E-state index in [1.807, 2.05) is 27.7 Å². The van der Waals surface area contributed by atoms with Gasteiger partial charge in [-0.05, 0) is 39.8 Å². The maximum absolute atomic E-state index is 13.9. The highest BCUT2D eigenvalue weighted by atomic mass is 35.5. The third kappa shape index (κ3) is 13.1. The van der Waals surface area contributed by atoms with E-state index in [0.29, 0.717) is 40.4 Å². The first-order chi connectivity index (χ1) is 28.1. The van der Waals surface area contributed by atoms with Crippen molar-refractivity contribution in [3.05, 3.63) is 77.8 Å². The predicted octanol–water partition coefficient (Wildman–Crippen LogP) is 7.07. The summed E-state index contributed by atoms with van der Waals surface area (Å²) in [4.78, 5) is 15.1. The normalized spacial score (nSPS) is 14.3. The van der Waals surface area contributed by atoms with Crippen molar-refractivity contribution in [2.45, 2.75) is 79.3 Å². The second-order valence-corrected chi connectivity index (χ2v) is 13.9. The van der Waals surface area contributed by atoms with Crippen LogP contribution in [0.1, 0.15) is 54.2 Å². The quantitative estimate of drug-likeness (QED) is 0.101. The number of pyridine rings is 2. The van der Waals surface area contributed by atoms with Crippen molar-refractivity contribution in [2.75, 3.05) is 27.4 Å². The molecule has 0 aromatic carbocycles. The van der Waals surface area contributed by atoms with Crippen molar-refractivity contribution in [1.82, 2.24) is 49.1 Å². The minimum Gasteiger partial charge on any atom is -0.466 e. The van der Waals surface area contributed by atoms with E-state index in [2.05, 4.69) is 49.8 Å². The number of nitrogens with zero attached hydrogens (tertiary/aromatic N) is 10. The van der Waals surface area contributed by atoms with Crippen molar-refractivity contribution in [2.24, 2.45) is 0 Å². The van der Waals surface area contributed by atoms with E-state index in [1.54, 1.807) is 34.5 Å². The minimum absolute atomic E-state index is 0. The van der Waals surface area contributed by atoms with Gasteiger partial charge in [0.25, 0.3) is 11.8 Å². The van der Waals surface area contributed by atoms with Crippen LogP contribution in [-0.2, 0) is 32.0 Å². The first-order valence-corrected chi connectivity index (χ1v) is 17.6. The molecule has 0 aliphatic carbocycles. The Morgan fingerprint density at radius 2 is 1.13 bits per heavy atom. The Bertz CT molecular complexity index is 2390. The van der Waals surface area contributed by atoms with Gasteiger partial charge in [-0.2, -0.15) is 26.3 Å². The van der Waals surface area contributed by atoms with Crippen LogP contribution in [0.15, 0.2) is 49.3 Å². The molecule has 338 valence electrons. The Kier molecular flexibility index (Phi) is 17.0.